The predicted molar refractivity (Wildman–Crippen MR) is 80.4 cm³/mol. The van der Waals surface area contributed by atoms with E-state index in [4.69, 9.17) is 8.83 Å². The minimum atomic E-state index is 0.555. The highest BCUT2D eigenvalue weighted by Gasteiger charge is 2.17. The number of rotatable bonds is 2. The van der Waals surface area contributed by atoms with Gasteiger partial charge in [-0.05, 0) is 46.3 Å². The summed E-state index contributed by atoms with van der Waals surface area (Å²) in [6.45, 7) is 0. The van der Waals surface area contributed by atoms with Crippen LogP contribution in [0.5, 0.6) is 0 Å². The Morgan fingerprint density at radius 1 is 0.905 bits per heavy atom. The van der Waals surface area contributed by atoms with Crippen LogP contribution in [0.25, 0.3) is 34.1 Å². The Hall–Kier alpha value is -2.47. The summed E-state index contributed by atoms with van der Waals surface area (Å²) in [4.78, 5) is 13.5. The normalized spacial score (nSPS) is 11.1. The molecule has 4 rings (SSSR count). The molecule has 0 unspecified atom stereocenters. The van der Waals surface area contributed by atoms with Gasteiger partial charge in [-0.3, -0.25) is 0 Å². The highest BCUT2D eigenvalue weighted by molar-refractivity contribution is 9.10. The molecule has 4 heterocycles. The zero-order chi connectivity index (χ0) is 14.2. The van der Waals surface area contributed by atoms with Crippen molar-refractivity contribution in [1.82, 2.24) is 15.0 Å². The van der Waals surface area contributed by atoms with Gasteiger partial charge in [0, 0.05) is 10.7 Å². The van der Waals surface area contributed by atoms with E-state index in [1.54, 1.807) is 18.7 Å². The van der Waals surface area contributed by atoms with Crippen LogP contribution < -0.4 is 0 Å². The first-order valence-electron chi connectivity index (χ1n) is 6.22. The third-order valence-electron chi connectivity index (χ3n) is 3.00. The highest BCUT2D eigenvalue weighted by Crippen LogP contribution is 2.31. The maximum Gasteiger partial charge on any atom is 0.178 e. The molecule has 0 amide bonds. The zero-order valence-corrected chi connectivity index (χ0v) is 12.2. The molecule has 21 heavy (non-hydrogen) atoms. The number of furan rings is 2. The van der Waals surface area contributed by atoms with Gasteiger partial charge in [0.2, 0.25) is 0 Å². The quantitative estimate of drug-likeness (QED) is 0.543. The third-order valence-corrected chi connectivity index (χ3v) is 3.43. The Bertz CT molecular complexity index is 902. The molecule has 0 saturated heterocycles. The third kappa shape index (κ3) is 2.13. The summed E-state index contributed by atoms with van der Waals surface area (Å²) >= 11 is 3.39. The summed E-state index contributed by atoms with van der Waals surface area (Å²) in [6.07, 6.45) is 4.89. The van der Waals surface area contributed by atoms with Crippen LogP contribution in [-0.4, -0.2) is 15.0 Å². The van der Waals surface area contributed by atoms with E-state index in [9.17, 15) is 0 Å². The number of nitrogens with zero attached hydrogens (tertiary/aromatic N) is 3. The highest BCUT2D eigenvalue weighted by atomic mass is 79.9. The fourth-order valence-electron chi connectivity index (χ4n) is 2.09. The topological polar surface area (TPSA) is 65.0 Å². The van der Waals surface area contributed by atoms with Crippen molar-refractivity contribution in [2.24, 2.45) is 0 Å². The van der Waals surface area contributed by atoms with Crippen molar-refractivity contribution in [3.8, 4) is 22.9 Å². The molecule has 6 heteroatoms. The number of hydrogen-bond acceptors (Lipinski definition) is 5. The monoisotopic (exact) mass is 341 g/mol. The van der Waals surface area contributed by atoms with E-state index in [0.717, 1.165) is 4.47 Å². The lowest BCUT2D eigenvalue weighted by atomic mass is 10.2. The molecule has 4 aromatic rings. The first-order chi connectivity index (χ1) is 10.3. The van der Waals surface area contributed by atoms with Crippen LogP contribution in [0.3, 0.4) is 0 Å². The summed E-state index contributed by atoms with van der Waals surface area (Å²) in [5.74, 6) is 1.26. The minimum Gasteiger partial charge on any atom is -0.463 e. The second-order valence-corrected chi connectivity index (χ2v) is 5.29. The molecule has 0 N–H and O–H groups in total. The van der Waals surface area contributed by atoms with Gasteiger partial charge in [0.1, 0.15) is 16.9 Å². The maximum atomic E-state index is 5.46. The van der Waals surface area contributed by atoms with Gasteiger partial charge in [0.15, 0.2) is 17.2 Å². The predicted octanol–water partition coefficient (Wildman–Crippen LogP) is 4.31. The average Bonchev–Trinajstić information content (AvgIpc) is 3.19. The van der Waals surface area contributed by atoms with E-state index in [1.165, 1.54) is 0 Å². The molecule has 0 aliphatic rings. The fraction of sp³-hybridized carbons (Fsp3) is 0. The Kier molecular flexibility index (Phi) is 2.82. The average molecular weight is 342 g/mol. The second kappa shape index (κ2) is 4.82. The van der Waals surface area contributed by atoms with Gasteiger partial charge >= 0.3 is 0 Å². The molecule has 0 aromatic carbocycles. The first-order valence-corrected chi connectivity index (χ1v) is 7.01. The van der Waals surface area contributed by atoms with Crippen molar-refractivity contribution in [3.05, 3.63) is 53.5 Å². The molecule has 102 valence electrons. The van der Waals surface area contributed by atoms with Crippen LogP contribution in [0.2, 0.25) is 0 Å². The first kappa shape index (κ1) is 12.3. The van der Waals surface area contributed by atoms with E-state index in [0.29, 0.717) is 34.1 Å². The van der Waals surface area contributed by atoms with Crippen LogP contribution in [0.15, 0.2) is 62.4 Å². The zero-order valence-electron chi connectivity index (χ0n) is 10.7. The van der Waals surface area contributed by atoms with Crippen molar-refractivity contribution in [3.63, 3.8) is 0 Å². The molecular weight excluding hydrogens is 334 g/mol. The number of aromatic nitrogens is 3. The summed E-state index contributed by atoms with van der Waals surface area (Å²) < 4.78 is 11.8. The number of hydrogen-bond donors (Lipinski definition) is 0. The Morgan fingerprint density at radius 3 is 2.19 bits per heavy atom. The number of pyridine rings is 1. The molecule has 4 aromatic heterocycles. The molecule has 5 nitrogen and oxygen atoms in total. The van der Waals surface area contributed by atoms with Crippen LogP contribution >= 0.6 is 15.9 Å². The van der Waals surface area contributed by atoms with Crippen molar-refractivity contribution < 1.29 is 8.83 Å². The summed E-state index contributed by atoms with van der Waals surface area (Å²) in [5.41, 5.74) is 2.48. The van der Waals surface area contributed by atoms with Crippen LogP contribution in [0.1, 0.15) is 0 Å². The van der Waals surface area contributed by atoms with E-state index in [-0.39, 0.29) is 0 Å². The summed E-state index contributed by atoms with van der Waals surface area (Å²) in [7, 11) is 0. The lowest BCUT2D eigenvalue weighted by molar-refractivity contribution is 0.572. The Balaban J connectivity index is 2.05. The van der Waals surface area contributed by atoms with Crippen molar-refractivity contribution in [2.75, 3.05) is 0 Å². The van der Waals surface area contributed by atoms with E-state index >= 15 is 0 Å². The molecule has 0 aliphatic carbocycles. The second-order valence-electron chi connectivity index (χ2n) is 4.37. The lowest BCUT2D eigenvalue weighted by Crippen LogP contribution is -1.95. The van der Waals surface area contributed by atoms with Crippen molar-refractivity contribution in [2.45, 2.75) is 0 Å². The molecule has 0 atom stereocenters. The number of fused-ring (bicyclic) bond motifs is 1. The van der Waals surface area contributed by atoms with Crippen molar-refractivity contribution >= 4 is 27.1 Å². The van der Waals surface area contributed by atoms with Gasteiger partial charge in [-0.1, -0.05) is 0 Å². The Morgan fingerprint density at radius 2 is 1.57 bits per heavy atom. The molecule has 0 saturated carbocycles. The number of halogens is 1. The summed E-state index contributed by atoms with van der Waals surface area (Å²) in [6, 6.07) is 9.16. The SMILES string of the molecule is Brc1cnc2nc(-c3ccco3)c(-c3ccco3)nc2c1. The molecule has 0 fully saturated rings. The minimum absolute atomic E-state index is 0.555. The van der Waals surface area contributed by atoms with Crippen LogP contribution in [-0.2, 0) is 0 Å². The molecule has 0 aliphatic heterocycles. The molecule has 0 spiro atoms. The lowest BCUT2D eigenvalue weighted by Gasteiger charge is -2.05. The Labute approximate surface area is 127 Å². The van der Waals surface area contributed by atoms with Gasteiger partial charge in [-0.2, -0.15) is 0 Å². The largest absolute Gasteiger partial charge is 0.463 e. The van der Waals surface area contributed by atoms with Gasteiger partial charge in [-0.15, -0.1) is 0 Å². The molecule has 0 bridgehead atoms. The molecular formula is C15H8BrN3O2. The smallest absolute Gasteiger partial charge is 0.178 e. The van der Waals surface area contributed by atoms with E-state index < -0.39 is 0 Å². The maximum absolute atomic E-state index is 5.46. The van der Waals surface area contributed by atoms with Gasteiger partial charge in [0.25, 0.3) is 0 Å². The van der Waals surface area contributed by atoms with Gasteiger partial charge in [-0.25, -0.2) is 15.0 Å². The van der Waals surface area contributed by atoms with Crippen LogP contribution in [0, 0.1) is 0 Å². The summed E-state index contributed by atoms with van der Waals surface area (Å²) in [5, 5.41) is 0. The van der Waals surface area contributed by atoms with Crippen molar-refractivity contribution in [1.29, 1.82) is 0 Å². The molecule has 0 radical (unpaired) electrons. The van der Waals surface area contributed by atoms with E-state index in [2.05, 4.69) is 30.9 Å². The van der Waals surface area contributed by atoms with Crippen LogP contribution in [0.4, 0.5) is 0 Å². The fourth-order valence-corrected chi connectivity index (χ4v) is 2.41. The van der Waals surface area contributed by atoms with Gasteiger partial charge < -0.3 is 8.83 Å². The van der Waals surface area contributed by atoms with Gasteiger partial charge in [0.05, 0.1) is 12.5 Å². The standard InChI is InChI=1S/C15H8BrN3O2/c16-9-7-10-15(17-8-9)19-14(12-4-2-6-21-12)13(18-10)11-3-1-5-20-11/h1-8H. The van der Waals surface area contributed by atoms with E-state index in [1.807, 2.05) is 30.3 Å².